The number of pyridine rings is 1. The molecule has 1 aromatic heterocycles. The third-order valence-corrected chi connectivity index (χ3v) is 1.84. The molecule has 72 valence electrons. The number of hydrogen-bond acceptors (Lipinski definition) is 1. The van der Waals surface area contributed by atoms with Crippen LogP contribution in [0, 0.1) is 5.92 Å². The minimum Gasteiger partial charge on any atom is -0.261 e. The predicted molar refractivity (Wildman–Crippen MR) is 56.8 cm³/mol. The molecule has 1 aliphatic carbocycles. The van der Waals surface area contributed by atoms with Crippen molar-refractivity contribution in [1.29, 1.82) is 0 Å². The Morgan fingerprint density at radius 1 is 1.23 bits per heavy atom. The van der Waals surface area contributed by atoms with Gasteiger partial charge in [0.2, 0.25) is 0 Å². The second kappa shape index (κ2) is 5.00. The summed E-state index contributed by atoms with van der Waals surface area (Å²) in [5.74, 6) is 0.833. The van der Waals surface area contributed by atoms with Gasteiger partial charge in [0.05, 0.1) is 0 Å². The highest BCUT2D eigenvalue weighted by atomic mass is 14.7. The van der Waals surface area contributed by atoms with Gasteiger partial charge < -0.3 is 0 Å². The van der Waals surface area contributed by atoms with E-state index in [1.54, 1.807) is 0 Å². The summed E-state index contributed by atoms with van der Waals surface area (Å²) in [6.07, 6.45) is 5.61. The van der Waals surface area contributed by atoms with E-state index in [4.69, 9.17) is 0 Å². The number of nitrogens with zero attached hydrogens (tertiary/aromatic N) is 1. The van der Waals surface area contributed by atoms with Crippen LogP contribution < -0.4 is 0 Å². The van der Waals surface area contributed by atoms with Crippen molar-refractivity contribution < 1.29 is 0 Å². The first-order chi connectivity index (χ1) is 6.20. The van der Waals surface area contributed by atoms with Gasteiger partial charge in [-0.2, -0.15) is 0 Å². The lowest BCUT2D eigenvalue weighted by atomic mass is 10.2. The summed E-state index contributed by atoms with van der Waals surface area (Å²) in [5.41, 5.74) is 2.77. The van der Waals surface area contributed by atoms with E-state index in [1.807, 2.05) is 12.3 Å². The highest BCUT2D eigenvalue weighted by Crippen LogP contribution is 2.17. The molecule has 0 atom stereocenters. The van der Waals surface area contributed by atoms with E-state index in [0.29, 0.717) is 0 Å². The van der Waals surface area contributed by atoms with Crippen molar-refractivity contribution in [2.75, 3.05) is 0 Å². The Kier molecular flexibility index (Phi) is 3.94. The zero-order valence-corrected chi connectivity index (χ0v) is 8.88. The van der Waals surface area contributed by atoms with E-state index in [9.17, 15) is 0 Å². The summed E-state index contributed by atoms with van der Waals surface area (Å²) in [6, 6.07) is 4.19. The zero-order chi connectivity index (χ0) is 9.68. The first kappa shape index (κ1) is 10.2. The Bertz CT molecular complexity index is 227. The lowest BCUT2D eigenvalue weighted by molar-refractivity contribution is 0.737. The highest BCUT2D eigenvalue weighted by molar-refractivity contribution is 5.23. The fourth-order valence-corrected chi connectivity index (χ4v) is 1.37. The van der Waals surface area contributed by atoms with Gasteiger partial charge in [0.1, 0.15) is 0 Å². The van der Waals surface area contributed by atoms with Gasteiger partial charge in [-0.25, -0.2) is 0 Å². The molecule has 0 N–H and O–H groups in total. The Hall–Kier alpha value is -0.850. The molecule has 0 saturated heterocycles. The quantitative estimate of drug-likeness (QED) is 0.593. The molecule has 0 spiro atoms. The summed E-state index contributed by atoms with van der Waals surface area (Å²) in [4.78, 5) is 4.26. The molecule has 0 radical (unpaired) electrons. The van der Waals surface area contributed by atoms with Crippen molar-refractivity contribution in [3.63, 3.8) is 0 Å². The highest BCUT2D eigenvalue weighted by Gasteiger charge is 2.08. The fourth-order valence-electron chi connectivity index (χ4n) is 1.37. The number of hydrogen-bond donors (Lipinski definition) is 0. The van der Waals surface area contributed by atoms with Crippen LogP contribution in [0.3, 0.4) is 0 Å². The molecular weight excluding hydrogens is 158 g/mol. The Morgan fingerprint density at radius 3 is 2.54 bits per heavy atom. The Balaban J connectivity index is 0.000000184. The third kappa shape index (κ3) is 3.58. The van der Waals surface area contributed by atoms with E-state index < -0.39 is 0 Å². The third-order valence-electron chi connectivity index (χ3n) is 1.84. The molecule has 2 rings (SSSR count). The van der Waals surface area contributed by atoms with Crippen molar-refractivity contribution in [1.82, 2.24) is 4.98 Å². The van der Waals surface area contributed by atoms with E-state index in [-0.39, 0.29) is 0 Å². The molecule has 1 heteroatoms. The maximum absolute atomic E-state index is 4.26. The van der Waals surface area contributed by atoms with Crippen molar-refractivity contribution in [3.05, 3.63) is 29.6 Å². The molecule has 0 amide bonds. The van der Waals surface area contributed by atoms with Gasteiger partial charge >= 0.3 is 0 Å². The van der Waals surface area contributed by atoms with Gasteiger partial charge in [0, 0.05) is 11.9 Å². The molecular formula is C12H19N. The first-order valence-electron chi connectivity index (χ1n) is 5.13. The molecule has 0 fully saturated rings. The maximum Gasteiger partial charge on any atom is 0.0435 e. The molecule has 0 saturated carbocycles. The van der Waals surface area contributed by atoms with E-state index >= 15 is 0 Å². The maximum atomic E-state index is 4.26. The Labute approximate surface area is 81.2 Å². The van der Waals surface area contributed by atoms with Gasteiger partial charge in [-0.3, -0.25) is 4.98 Å². The van der Waals surface area contributed by atoms with Crippen LogP contribution in [0.5, 0.6) is 0 Å². The van der Waals surface area contributed by atoms with Crippen LogP contribution in [0.1, 0.15) is 38.4 Å². The summed E-state index contributed by atoms with van der Waals surface area (Å²) in [6.45, 7) is 6.50. The minimum absolute atomic E-state index is 0.833. The molecule has 1 heterocycles. The van der Waals surface area contributed by atoms with Gasteiger partial charge in [-0.15, -0.1) is 0 Å². The lowest BCUT2D eigenvalue weighted by Crippen LogP contribution is -1.83. The normalized spacial score (nSPS) is 13.5. The summed E-state index contributed by atoms with van der Waals surface area (Å²) in [5, 5.41) is 0. The van der Waals surface area contributed by atoms with Crippen LogP contribution in [0.2, 0.25) is 0 Å². The SMILES string of the molecule is CC(C)C.c1cnc2c(c1)CCC2. The smallest absolute Gasteiger partial charge is 0.0435 e. The Morgan fingerprint density at radius 2 is 1.92 bits per heavy atom. The second-order valence-electron chi connectivity index (χ2n) is 4.19. The number of aryl methyl sites for hydroxylation is 2. The average molecular weight is 177 g/mol. The van der Waals surface area contributed by atoms with Gasteiger partial charge in [0.25, 0.3) is 0 Å². The molecule has 1 aliphatic rings. The van der Waals surface area contributed by atoms with E-state index in [1.165, 1.54) is 30.5 Å². The molecule has 13 heavy (non-hydrogen) atoms. The summed E-state index contributed by atoms with van der Waals surface area (Å²) in [7, 11) is 0. The van der Waals surface area contributed by atoms with Crippen LogP contribution >= 0.6 is 0 Å². The largest absolute Gasteiger partial charge is 0.261 e. The molecule has 0 bridgehead atoms. The van der Waals surface area contributed by atoms with Crippen LogP contribution in [0.25, 0.3) is 0 Å². The van der Waals surface area contributed by atoms with Crippen molar-refractivity contribution in [2.24, 2.45) is 5.92 Å². The summed E-state index contributed by atoms with van der Waals surface area (Å²) >= 11 is 0. The molecule has 0 unspecified atom stereocenters. The standard InChI is InChI=1S/C8H9N.C4H10/c1-3-7-4-2-6-9-8(7)5-1;1-4(2)3/h2,4,6H,1,3,5H2;4H,1-3H3. The van der Waals surface area contributed by atoms with Gasteiger partial charge in [0.15, 0.2) is 0 Å². The van der Waals surface area contributed by atoms with Crippen molar-refractivity contribution in [3.8, 4) is 0 Å². The van der Waals surface area contributed by atoms with Crippen LogP contribution in [0.4, 0.5) is 0 Å². The predicted octanol–water partition coefficient (Wildman–Crippen LogP) is 3.23. The number of fused-ring (bicyclic) bond motifs is 1. The van der Waals surface area contributed by atoms with Crippen LogP contribution in [-0.2, 0) is 12.8 Å². The molecule has 1 aromatic rings. The van der Waals surface area contributed by atoms with E-state index in [0.717, 1.165) is 5.92 Å². The minimum atomic E-state index is 0.833. The molecule has 0 aromatic carbocycles. The average Bonchev–Trinajstić information content (AvgIpc) is 2.49. The van der Waals surface area contributed by atoms with Gasteiger partial charge in [-0.1, -0.05) is 26.8 Å². The topological polar surface area (TPSA) is 12.9 Å². The monoisotopic (exact) mass is 177 g/mol. The van der Waals surface area contributed by atoms with Crippen molar-refractivity contribution in [2.45, 2.75) is 40.0 Å². The molecule has 1 nitrogen and oxygen atoms in total. The fraction of sp³-hybridized carbons (Fsp3) is 0.583. The summed E-state index contributed by atoms with van der Waals surface area (Å²) < 4.78 is 0. The molecule has 0 aliphatic heterocycles. The van der Waals surface area contributed by atoms with Crippen LogP contribution in [0.15, 0.2) is 18.3 Å². The zero-order valence-electron chi connectivity index (χ0n) is 8.88. The van der Waals surface area contributed by atoms with Crippen LogP contribution in [-0.4, -0.2) is 4.98 Å². The second-order valence-corrected chi connectivity index (χ2v) is 4.19. The first-order valence-corrected chi connectivity index (χ1v) is 5.13. The number of aromatic nitrogens is 1. The van der Waals surface area contributed by atoms with Gasteiger partial charge in [-0.05, 0) is 36.8 Å². The lowest BCUT2D eigenvalue weighted by Gasteiger charge is -1.92. The van der Waals surface area contributed by atoms with Crippen molar-refractivity contribution >= 4 is 0 Å². The van der Waals surface area contributed by atoms with E-state index in [2.05, 4.69) is 31.8 Å². The number of rotatable bonds is 0.